The minimum atomic E-state index is -1.65. The summed E-state index contributed by atoms with van der Waals surface area (Å²) in [6, 6.07) is 10.4. The Morgan fingerprint density at radius 3 is 1.70 bits per heavy atom. The van der Waals surface area contributed by atoms with Crippen LogP contribution < -0.4 is 5.32 Å². The first-order valence-electron chi connectivity index (χ1n) is 7.02. The van der Waals surface area contributed by atoms with Crippen LogP contribution in [0.25, 0.3) is 0 Å². The molecule has 0 radical (unpaired) electrons. The SMILES string of the molecule is CNC(c1ccccc1)P(O[Si](C)(C)C)O[Si](C)(C)C. The molecule has 6 heteroatoms. The molecular weight excluding hydrogens is 301 g/mol. The van der Waals surface area contributed by atoms with Crippen LogP contribution in [0.1, 0.15) is 11.3 Å². The summed E-state index contributed by atoms with van der Waals surface area (Å²) < 4.78 is 12.7. The lowest BCUT2D eigenvalue weighted by Crippen LogP contribution is -2.31. The van der Waals surface area contributed by atoms with Crippen molar-refractivity contribution in [1.82, 2.24) is 5.32 Å². The van der Waals surface area contributed by atoms with Crippen molar-refractivity contribution >= 4 is 25.0 Å². The molecule has 3 nitrogen and oxygen atoms in total. The Morgan fingerprint density at radius 1 is 0.900 bits per heavy atom. The van der Waals surface area contributed by atoms with Gasteiger partial charge in [-0.2, -0.15) is 0 Å². The molecule has 0 saturated heterocycles. The van der Waals surface area contributed by atoms with Crippen LogP contribution in [0.3, 0.4) is 0 Å². The molecule has 0 spiro atoms. The van der Waals surface area contributed by atoms with Gasteiger partial charge in [-0.25, -0.2) is 0 Å². The summed E-state index contributed by atoms with van der Waals surface area (Å²) in [6.45, 7) is 13.3. The molecule has 0 saturated carbocycles. The normalized spacial score (nSPS) is 14.6. The quantitative estimate of drug-likeness (QED) is 0.569. The Morgan fingerprint density at radius 2 is 1.35 bits per heavy atom. The molecule has 1 atom stereocenters. The van der Waals surface area contributed by atoms with Crippen molar-refractivity contribution in [1.29, 1.82) is 0 Å². The van der Waals surface area contributed by atoms with Gasteiger partial charge in [0.15, 0.2) is 25.0 Å². The van der Waals surface area contributed by atoms with E-state index in [2.05, 4.69) is 68.9 Å². The zero-order valence-electron chi connectivity index (χ0n) is 13.7. The third-order valence-corrected chi connectivity index (χ3v) is 9.13. The summed E-state index contributed by atoms with van der Waals surface area (Å²) in [5.41, 5.74) is 1.23. The Labute approximate surface area is 127 Å². The Hall–Kier alpha value is -0.0362. The predicted molar refractivity (Wildman–Crippen MR) is 94.0 cm³/mol. The monoisotopic (exact) mass is 329 g/mol. The van der Waals surface area contributed by atoms with Crippen LogP contribution in [0, 0.1) is 0 Å². The molecule has 0 amide bonds. The maximum Gasteiger partial charge on any atom is 0.191 e. The average molecular weight is 330 g/mol. The maximum absolute atomic E-state index is 6.37. The van der Waals surface area contributed by atoms with E-state index in [1.165, 1.54) is 5.56 Å². The highest BCUT2D eigenvalue weighted by atomic mass is 31.2. The minimum Gasteiger partial charge on any atom is -0.375 e. The van der Waals surface area contributed by atoms with Crippen LogP contribution in [-0.4, -0.2) is 23.7 Å². The number of nitrogens with one attached hydrogen (secondary N) is 1. The standard InChI is InChI=1S/C14H28NO2PSi2/c1-15-14(13-11-9-8-10-12-13)18(16-19(2,3)4)17-20(5,6)7/h8-12,14-15H,1-7H3. The van der Waals surface area contributed by atoms with Crippen LogP contribution in [0.4, 0.5) is 0 Å². The molecular formula is C14H28NO2PSi2. The van der Waals surface area contributed by atoms with Gasteiger partial charge in [-0.3, -0.25) is 0 Å². The van der Waals surface area contributed by atoms with Gasteiger partial charge in [-0.15, -0.1) is 0 Å². The van der Waals surface area contributed by atoms with Gasteiger partial charge in [0.1, 0.15) is 5.78 Å². The van der Waals surface area contributed by atoms with E-state index in [0.717, 1.165) is 0 Å². The summed E-state index contributed by atoms with van der Waals surface area (Å²) in [6.07, 6.45) is 0. The zero-order valence-corrected chi connectivity index (χ0v) is 16.6. The topological polar surface area (TPSA) is 30.5 Å². The van der Waals surface area contributed by atoms with E-state index in [9.17, 15) is 0 Å². The average Bonchev–Trinajstić information content (AvgIpc) is 2.26. The van der Waals surface area contributed by atoms with Gasteiger partial charge in [0, 0.05) is 0 Å². The molecule has 0 aromatic heterocycles. The van der Waals surface area contributed by atoms with Gasteiger partial charge in [0.05, 0.1) is 0 Å². The Kier molecular flexibility index (Phi) is 6.57. The maximum atomic E-state index is 6.37. The molecule has 1 aromatic carbocycles. The van der Waals surface area contributed by atoms with Crippen molar-refractivity contribution in [2.75, 3.05) is 7.05 Å². The van der Waals surface area contributed by atoms with Crippen molar-refractivity contribution in [2.24, 2.45) is 0 Å². The van der Waals surface area contributed by atoms with Crippen LogP contribution in [-0.2, 0) is 8.43 Å². The highest BCUT2D eigenvalue weighted by molar-refractivity contribution is 7.51. The molecule has 0 heterocycles. The third kappa shape index (κ3) is 6.61. The lowest BCUT2D eigenvalue weighted by Gasteiger charge is -2.35. The van der Waals surface area contributed by atoms with Crippen molar-refractivity contribution in [3.63, 3.8) is 0 Å². The molecule has 0 aliphatic rings. The minimum absolute atomic E-state index is 0.129. The van der Waals surface area contributed by atoms with Gasteiger partial charge in [-0.1, -0.05) is 30.3 Å². The van der Waals surface area contributed by atoms with E-state index in [1.54, 1.807) is 0 Å². The second-order valence-electron chi connectivity index (χ2n) is 6.79. The fourth-order valence-electron chi connectivity index (χ4n) is 1.69. The second kappa shape index (κ2) is 7.29. The molecule has 1 aromatic rings. The molecule has 0 aliphatic heterocycles. The van der Waals surface area contributed by atoms with E-state index in [0.29, 0.717) is 0 Å². The van der Waals surface area contributed by atoms with E-state index in [1.807, 2.05) is 13.1 Å². The molecule has 0 fully saturated rings. The van der Waals surface area contributed by atoms with Crippen molar-refractivity contribution < 1.29 is 8.43 Å². The summed E-state index contributed by atoms with van der Waals surface area (Å²) in [5, 5.41) is 3.39. The van der Waals surface area contributed by atoms with Crippen molar-refractivity contribution in [3.05, 3.63) is 35.9 Å². The van der Waals surface area contributed by atoms with Crippen LogP contribution in [0.2, 0.25) is 39.3 Å². The largest absolute Gasteiger partial charge is 0.375 e. The van der Waals surface area contributed by atoms with Crippen LogP contribution in [0.15, 0.2) is 30.3 Å². The molecule has 1 N–H and O–H groups in total. The number of hydrogen-bond acceptors (Lipinski definition) is 3. The number of benzene rings is 1. The van der Waals surface area contributed by atoms with Crippen molar-refractivity contribution in [3.8, 4) is 0 Å². The van der Waals surface area contributed by atoms with Gasteiger partial charge in [0.2, 0.25) is 0 Å². The summed E-state index contributed by atoms with van der Waals surface area (Å²) in [5.74, 6) is 0.129. The Bertz CT molecular complexity index is 388. The number of hydrogen-bond donors (Lipinski definition) is 1. The summed E-state index contributed by atoms with van der Waals surface area (Å²) >= 11 is 0. The van der Waals surface area contributed by atoms with Gasteiger partial charge in [-0.05, 0) is 51.9 Å². The smallest absolute Gasteiger partial charge is 0.191 e. The molecule has 0 aliphatic carbocycles. The fourth-order valence-corrected chi connectivity index (χ4v) is 7.97. The van der Waals surface area contributed by atoms with Gasteiger partial charge in [0.25, 0.3) is 0 Å². The molecule has 20 heavy (non-hydrogen) atoms. The molecule has 114 valence electrons. The molecule has 1 unspecified atom stereocenters. The van der Waals surface area contributed by atoms with Crippen LogP contribution >= 0.6 is 8.38 Å². The van der Waals surface area contributed by atoms with E-state index in [-0.39, 0.29) is 5.78 Å². The number of rotatable bonds is 7. The van der Waals surface area contributed by atoms with Crippen LogP contribution in [0.5, 0.6) is 0 Å². The first-order valence-corrected chi connectivity index (χ1v) is 15.1. The highest BCUT2D eigenvalue weighted by Crippen LogP contribution is 2.54. The van der Waals surface area contributed by atoms with Gasteiger partial charge < -0.3 is 13.7 Å². The van der Waals surface area contributed by atoms with E-state index in [4.69, 9.17) is 8.43 Å². The lowest BCUT2D eigenvalue weighted by atomic mass is 10.2. The fraction of sp³-hybridized carbons (Fsp3) is 0.571. The van der Waals surface area contributed by atoms with Crippen molar-refractivity contribution in [2.45, 2.75) is 45.1 Å². The summed E-state index contributed by atoms with van der Waals surface area (Å²) in [4.78, 5) is 0. The zero-order chi connectivity index (χ0) is 15.4. The third-order valence-electron chi connectivity index (χ3n) is 2.33. The first-order chi connectivity index (χ1) is 9.12. The molecule has 1 rings (SSSR count). The van der Waals surface area contributed by atoms with Gasteiger partial charge >= 0.3 is 0 Å². The Balaban J connectivity index is 3.00. The second-order valence-corrected chi connectivity index (χ2v) is 17.8. The molecule has 0 bridgehead atoms. The van der Waals surface area contributed by atoms with E-state index >= 15 is 0 Å². The lowest BCUT2D eigenvalue weighted by molar-refractivity contribution is 0.463. The highest BCUT2D eigenvalue weighted by Gasteiger charge is 2.33. The first kappa shape index (κ1) is 18.0. The summed E-state index contributed by atoms with van der Waals surface area (Å²) in [7, 11) is -2.28. The predicted octanol–water partition coefficient (Wildman–Crippen LogP) is 4.92. The van der Waals surface area contributed by atoms with E-state index < -0.39 is 25.0 Å².